The van der Waals surface area contributed by atoms with Crippen LogP contribution in [-0.2, 0) is 26.2 Å². The van der Waals surface area contributed by atoms with Crippen molar-refractivity contribution in [1.29, 1.82) is 5.26 Å². The quantitative estimate of drug-likeness (QED) is 0.822. The summed E-state index contributed by atoms with van der Waals surface area (Å²) in [5.74, 6) is 0.244. The van der Waals surface area contributed by atoms with Gasteiger partial charge in [-0.3, -0.25) is 0 Å². The van der Waals surface area contributed by atoms with E-state index in [-0.39, 0.29) is 24.6 Å². The maximum absolute atomic E-state index is 13.2. The molecule has 5 heteroatoms. The zero-order valence-corrected chi connectivity index (χ0v) is 16.7. The van der Waals surface area contributed by atoms with Crippen LogP contribution in [0.25, 0.3) is 0 Å². The molecule has 0 bridgehead atoms. The third-order valence-electron chi connectivity index (χ3n) is 6.81. The van der Waals surface area contributed by atoms with Crippen molar-refractivity contribution in [2.24, 2.45) is 23.0 Å². The first kappa shape index (κ1) is 19.9. The first-order valence-electron chi connectivity index (χ1n) is 9.89. The molecule has 0 aromatic heterocycles. The van der Waals surface area contributed by atoms with Crippen molar-refractivity contribution in [1.82, 2.24) is 0 Å². The van der Waals surface area contributed by atoms with Crippen molar-refractivity contribution < 1.29 is 14.3 Å². The van der Waals surface area contributed by atoms with Gasteiger partial charge in [0.1, 0.15) is 5.54 Å². The Hall–Kier alpha value is -1.90. The lowest BCUT2D eigenvalue weighted by atomic mass is 9.56. The second-order valence-electron chi connectivity index (χ2n) is 8.22. The maximum Gasteiger partial charge on any atom is 0.331 e. The molecule has 0 amide bonds. The molecule has 1 aromatic carbocycles. The van der Waals surface area contributed by atoms with E-state index in [4.69, 9.17) is 15.2 Å². The third kappa shape index (κ3) is 2.86. The van der Waals surface area contributed by atoms with Gasteiger partial charge in [0.15, 0.2) is 0 Å². The molecule has 1 saturated carbocycles. The third-order valence-corrected chi connectivity index (χ3v) is 6.81. The van der Waals surface area contributed by atoms with Crippen molar-refractivity contribution >= 4 is 5.97 Å². The van der Waals surface area contributed by atoms with Crippen LogP contribution in [0.15, 0.2) is 18.2 Å². The summed E-state index contributed by atoms with van der Waals surface area (Å²) in [6.45, 7) is 6.44. The van der Waals surface area contributed by atoms with E-state index in [1.54, 1.807) is 20.1 Å². The molecule has 1 fully saturated rings. The fourth-order valence-corrected chi connectivity index (χ4v) is 5.69. The lowest BCUT2D eigenvalue weighted by Gasteiger charge is -2.51. The number of hydrogen-bond acceptors (Lipinski definition) is 5. The van der Waals surface area contributed by atoms with Gasteiger partial charge in [-0.15, -0.1) is 0 Å². The summed E-state index contributed by atoms with van der Waals surface area (Å²) in [5.41, 5.74) is 7.68. The Morgan fingerprint density at radius 2 is 2.11 bits per heavy atom. The van der Waals surface area contributed by atoms with E-state index in [0.717, 1.165) is 36.8 Å². The lowest BCUT2D eigenvalue weighted by molar-refractivity contribution is -0.162. The van der Waals surface area contributed by atoms with Crippen LogP contribution in [0.2, 0.25) is 0 Å². The van der Waals surface area contributed by atoms with Crippen molar-refractivity contribution in [2.45, 2.75) is 58.1 Å². The Labute approximate surface area is 161 Å². The van der Waals surface area contributed by atoms with Gasteiger partial charge in [0.2, 0.25) is 0 Å². The molecule has 0 saturated heterocycles. The number of hydrogen-bond donors (Lipinski definition) is 1. The van der Waals surface area contributed by atoms with Crippen LogP contribution >= 0.6 is 0 Å². The monoisotopic (exact) mass is 370 g/mol. The van der Waals surface area contributed by atoms with E-state index in [1.807, 2.05) is 12.1 Å². The molecule has 1 aromatic rings. The van der Waals surface area contributed by atoms with E-state index in [0.29, 0.717) is 11.5 Å². The number of ether oxygens (including phenoxy) is 2. The van der Waals surface area contributed by atoms with Crippen molar-refractivity contribution in [3.8, 4) is 6.07 Å². The SMILES string of the molecule is CCOC(=O)[C@]1(N)c2cc(C#N)ccc2C[C@@]12C[C@@H](CC)[C@H](OC)[C@@H](C)C2. The predicted molar refractivity (Wildman–Crippen MR) is 103 cm³/mol. The van der Waals surface area contributed by atoms with Crippen LogP contribution in [0, 0.1) is 28.6 Å². The fraction of sp³-hybridized carbons (Fsp3) is 0.636. The summed E-state index contributed by atoms with van der Waals surface area (Å²) in [5, 5.41) is 9.35. The number of rotatable bonds is 4. The number of benzene rings is 1. The van der Waals surface area contributed by atoms with Gasteiger partial charge in [-0.05, 0) is 61.3 Å². The van der Waals surface area contributed by atoms with Crippen LogP contribution in [0.4, 0.5) is 0 Å². The van der Waals surface area contributed by atoms with Gasteiger partial charge >= 0.3 is 5.97 Å². The second-order valence-corrected chi connectivity index (χ2v) is 8.22. The molecule has 3 rings (SSSR count). The van der Waals surface area contributed by atoms with E-state index in [9.17, 15) is 10.1 Å². The minimum absolute atomic E-state index is 0.172. The molecule has 2 aliphatic rings. The predicted octanol–water partition coefficient (Wildman–Crippen LogP) is 3.29. The Morgan fingerprint density at radius 1 is 1.37 bits per heavy atom. The Bertz CT molecular complexity index is 771. The molecule has 5 atom stereocenters. The number of nitriles is 1. The van der Waals surface area contributed by atoms with E-state index >= 15 is 0 Å². The number of esters is 1. The number of nitrogens with two attached hydrogens (primary N) is 1. The molecule has 2 aliphatic carbocycles. The lowest BCUT2D eigenvalue weighted by Crippen LogP contribution is -2.60. The molecule has 0 aliphatic heterocycles. The smallest absolute Gasteiger partial charge is 0.331 e. The topological polar surface area (TPSA) is 85.3 Å². The van der Waals surface area contributed by atoms with Crippen LogP contribution in [0.5, 0.6) is 0 Å². The summed E-state index contributed by atoms with van der Waals surface area (Å²) in [6.07, 6.45) is 3.50. The number of nitrogens with zero attached hydrogens (tertiary/aromatic N) is 1. The number of methoxy groups -OCH3 is 1. The van der Waals surface area contributed by atoms with Gasteiger partial charge in [0.05, 0.1) is 24.3 Å². The van der Waals surface area contributed by atoms with Gasteiger partial charge in [0.25, 0.3) is 0 Å². The largest absolute Gasteiger partial charge is 0.464 e. The average Bonchev–Trinajstić information content (AvgIpc) is 2.89. The average molecular weight is 370 g/mol. The highest BCUT2D eigenvalue weighted by Gasteiger charge is 2.63. The zero-order valence-electron chi connectivity index (χ0n) is 16.7. The minimum Gasteiger partial charge on any atom is -0.464 e. The van der Waals surface area contributed by atoms with Gasteiger partial charge in [-0.1, -0.05) is 26.3 Å². The molecule has 1 spiro atoms. The highest BCUT2D eigenvalue weighted by Crippen LogP contribution is 2.59. The summed E-state index contributed by atoms with van der Waals surface area (Å²) < 4.78 is 11.3. The summed E-state index contributed by atoms with van der Waals surface area (Å²) in [4.78, 5) is 13.2. The van der Waals surface area contributed by atoms with Crippen LogP contribution < -0.4 is 5.73 Å². The molecule has 0 heterocycles. The molecule has 146 valence electrons. The fourth-order valence-electron chi connectivity index (χ4n) is 5.69. The van der Waals surface area contributed by atoms with Crippen molar-refractivity contribution in [2.75, 3.05) is 13.7 Å². The minimum atomic E-state index is -1.23. The molecule has 27 heavy (non-hydrogen) atoms. The molecule has 2 N–H and O–H groups in total. The molecule has 0 unspecified atom stereocenters. The second kappa shape index (κ2) is 7.26. The Balaban J connectivity index is 2.15. The van der Waals surface area contributed by atoms with E-state index in [2.05, 4.69) is 19.9 Å². The van der Waals surface area contributed by atoms with E-state index in [1.165, 1.54) is 0 Å². The number of carbonyl (C=O) groups excluding carboxylic acids is 1. The Morgan fingerprint density at radius 3 is 2.70 bits per heavy atom. The molecular weight excluding hydrogens is 340 g/mol. The van der Waals surface area contributed by atoms with Crippen LogP contribution in [0.1, 0.15) is 56.7 Å². The number of carbonyl (C=O) groups is 1. The summed E-state index contributed by atoms with van der Waals surface area (Å²) in [7, 11) is 1.77. The molecular formula is C22H30N2O3. The van der Waals surface area contributed by atoms with Crippen molar-refractivity contribution in [3.63, 3.8) is 0 Å². The zero-order chi connectivity index (χ0) is 19.8. The first-order chi connectivity index (χ1) is 12.9. The summed E-state index contributed by atoms with van der Waals surface area (Å²) >= 11 is 0. The van der Waals surface area contributed by atoms with Gasteiger partial charge in [-0.25, -0.2) is 4.79 Å². The number of fused-ring (bicyclic) bond motifs is 1. The van der Waals surface area contributed by atoms with Crippen LogP contribution in [-0.4, -0.2) is 25.8 Å². The normalized spacial score (nSPS) is 34.9. The standard InChI is InChI=1S/C22H30N2O3/c1-5-16-11-21(10-14(3)19(16)26-4)12-17-8-7-15(13-23)9-18(17)22(21,24)20(25)27-6-2/h7-9,14,16,19H,5-6,10-12,24H2,1-4H3/t14-,16+,19+,21+,22+/m0/s1. The first-order valence-corrected chi connectivity index (χ1v) is 9.89. The van der Waals surface area contributed by atoms with Gasteiger partial charge < -0.3 is 15.2 Å². The summed E-state index contributed by atoms with van der Waals surface area (Å²) in [6, 6.07) is 7.73. The van der Waals surface area contributed by atoms with Crippen molar-refractivity contribution in [3.05, 3.63) is 34.9 Å². The maximum atomic E-state index is 13.2. The Kier molecular flexibility index (Phi) is 5.33. The van der Waals surface area contributed by atoms with E-state index < -0.39 is 11.0 Å². The van der Waals surface area contributed by atoms with Crippen LogP contribution in [0.3, 0.4) is 0 Å². The highest BCUT2D eigenvalue weighted by atomic mass is 16.5. The molecule has 5 nitrogen and oxygen atoms in total. The van der Waals surface area contributed by atoms with Gasteiger partial charge in [0, 0.05) is 12.5 Å². The molecule has 0 radical (unpaired) electrons. The highest BCUT2D eigenvalue weighted by molar-refractivity contribution is 5.86. The van der Waals surface area contributed by atoms with Gasteiger partial charge in [-0.2, -0.15) is 5.26 Å².